The first kappa shape index (κ1) is 8.68. The summed E-state index contributed by atoms with van der Waals surface area (Å²) in [5.74, 6) is 0. The topological polar surface area (TPSA) is 9.23 Å². The van der Waals surface area contributed by atoms with Gasteiger partial charge in [-0.15, -0.1) is 0 Å². The van der Waals surface area contributed by atoms with Crippen LogP contribution in [0.5, 0.6) is 0 Å². The van der Waals surface area contributed by atoms with Crippen molar-refractivity contribution in [2.75, 3.05) is 0 Å². The molecule has 0 amide bonds. The summed E-state index contributed by atoms with van der Waals surface area (Å²) in [5, 5.41) is 0. The number of alkyl halides is 4. The third-order valence-electron chi connectivity index (χ3n) is 0.603. The molecule has 0 atom stereocenters. The van der Waals surface area contributed by atoms with E-state index in [1.165, 1.54) is 0 Å². The average Bonchev–Trinajstić information content (AvgIpc) is 1.63. The molecule has 0 spiro atoms. The van der Waals surface area contributed by atoms with E-state index in [1.54, 1.807) is 0 Å². The fraction of sp³-hybridized carbons (Fsp3) is 0.750. The molecule has 0 saturated heterocycles. The molecule has 0 saturated carbocycles. The molecule has 0 aromatic heterocycles. The van der Waals surface area contributed by atoms with E-state index < -0.39 is 19.0 Å². The molecule has 0 unspecified atom stereocenters. The van der Waals surface area contributed by atoms with E-state index in [-0.39, 0.29) is 0 Å². The van der Waals surface area contributed by atoms with Crippen LogP contribution in [-0.2, 0) is 4.74 Å². The lowest BCUT2D eigenvalue weighted by molar-refractivity contribution is -0.227. The molecule has 0 aromatic carbocycles. The maximum Gasteiger partial charge on any atom is 0.361 e. The predicted octanol–water partition coefficient (Wildman–Crippen LogP) is 2.04. The summed E-state index contributed by atoms with van der Waals surface area (Å²) < 4.78 is 48.7. The Morgan fingerprint density at radius 2 is 1.89 bits per heavy atom. The van der Waals surface area contributed by atoms with Crippen molar-refractivity contribution >= 4 is 0 Å². The van der Waals surface area contributed by atoms with Crippen molar-refractivity contribution < 1.29 is 22.3 Å². The van der Waals surface area contributed by atoms with Crippen LogP contribution < -0.4 is 0 Å². The second-order valence-corrected chi connectivity index (χ2v) is 1.38. The van der Waals surface area contributed by atoms with Crippen molar-refractivity contribution in [3.8, 4) is 0 Å². The van der Waals surface area contributed by atoms with Crippen LogP contribution in [0.1, 0.15) is 6.42 Å². The molecule has 0 aliphatic rings. The number of ether oxygens (including phenoxy) is 1. The van der Waals surface area contributed by atoms with E-state index in [0.717, 1.165) is 0 Å². The van der Waals surface area contributed by atoms with Gasteiger partial charge >= 0.3 is 6.11 Å². The van der Waals surface area contributed by atoms with Gasteiger partial charge in [0.25, 0.3) is 0 Å². The zero-order valence-electron chi connectivity index (χ0n) is 4.41. The Balaban J connectivity index is 3.58. The number of halogens is 4. The summed E-state index contributed by atoms with van der Waals surface area (Å²) >= 11 is 0. The van der Waals surface area contributed by atoms with Crippen molar-refractivity contribution in [2.45, 2.75) is 19.0 Å². The summed E-state index contributed by atoms with van der Waals surface area (Å²) in [6.07, 6.45) is -8.47. The molecule has 1 radical (unpaired) electrons. The smallest absolute Gasteiger partial charge is 0.318 e. The van der Waals surface area contributed by atoms with Crippen molar-refractivity contribution in [3.05, 3.63) is 7.11 Å². The Kier molecular flexibility index (Phi) is 2.90. The van der Waals surface area contributed by atoms with Crippen molar-refractivity contribution in [3.63, 3.8) is 0 Å². The first-order valence-electron chi connectivity index (χ1n) is 2.07. The van der Waals surface area contributed by atoms with Crippen molar-refractivity contribution in [2.24, 2.45) is 0 Å². The Labute approximate surface area is 49.6 Å². The van der Waals surface area contributed by atoms with Gasteiger partial charge in [0, 0.05) is 0 Å². The maximum absolute atomic E-state index is 11.6. The molecule has 9 heavy (non-hydrogen) atoms. The van der Waals surface area contributed by atoms with E-state index in [4.69, 9.17) is 0 Å². The Morgan fingerprint density at radius 3 is 2.00 bits per heavy atom. The number of hydrogen-bond acceptors (Lipinski definition) is 1. The van der Waals surface area contributed by atoms with Crippen LogP contribution in [0.2, 0.25) is 0 Å². The Hall–Kier alpha value is -0.320. The second-order valence-electron chi connectivity index (χ2n) is 1.38. The van der Waals surface area contributed by atoms with Crippen LogP contribution in [0.4, 0.5) is 17.6 Å². The molecule has 0 N–H and O–H groups in total. The quantitative estimate of drug-likeness (QED) is 0.552. The van der Waals surface area contributed by atoms with E-state index in [2.05, 4.69) is 11.8 Å². The van der Waals surface area contributed by atoms with Gasteiger partial charge in [-0.25, -0.2) is 8.78 Å². The van der Waals surface area contributed by atoms with Gasteiger partial charge in [-0.2, -0.15) is 8.78 Å². The lowest BCUT2D eigenvalue weighted by Crippen LogP contribution is -2.20. The highest BCUT2D eigenvalue weighted by molar-refractivity contribution is 4.53. The van der Waals surface area contributed by atoms with E-state index in [1.807, 2.05) is 0 Å². The van der Waals surface area contributed by atoms with Gasteiger partial charge < -0.3 is 4.74 Å². The van der Waals surface area contributed by atoms with Gasteiger partial charge in [-0.1, -0.05) is 0 Å². The van der Waals surface area contributed by atoms with Crippen LogP contribution in [0, 0.1) is 7.11 Å². The molecular weight excluding hydrogens is 140 g/mol. The highest BCUT2D eigenvalue weighted by Crippen LogP contribution is 2.22. The molecule has 0 rings (SSSR count). The van der Waals surface area contributed by atoms with Gasteiger partial charge in [0.2, 0.25) is 6.43 Å². The molecule has 0 heterocycles. The first-order valence-corrected chi connectivity index (χ1v) is 2.07. The van der Waals surface area contributed by atoms with E-state index in [9.17, 15) is 17.6 Å². The third-order valence-corrected chi connectivity index (χ3v) is 0.603. The number of hydrogen-bond donors (Lipinski definition) is 0. The fourth-order valence-corrected chi connectivity index (χ4v) is 0.239. The predicted molar refractivity (Wildman–Crippen MR) is 22.0 cm³/mol. The lowest BCUT2D eigenvalue weighted by Gasteiger charge is -2.11. The lowest BCUT2D eigenvalue weighted by atomic mass is 10.4. The minimum Gasteiger partial charge on any atom is -0.318 e. The molecule has 0 fully saturated rings. The van der Waals surface area contributed by atoms with Crippen LogP contribution in [-0.4, -0.2) is 12.5 Å². The van der Waals surface area contributed by atoms with Gasteiger partial charge in [0.05, 0.1) is 13.5 Å². The van der Waals surface area contributed by atoms with Gasteiger partial charge in [0.1, 0.15) is 0 Å². The van der Waals surface area contributed by atoms with E-state index in [0.29, 0.717) is 0 Å². The minimum absolute atomic E-state index is 1.60. The molecule has 5 heteroatoms. The summed E-state index contributed by atoms with van der Waals surface area (Å²) in [6.45, 7) is 0. The summed E-state index contributed by atoms with van der Waals surface area (Å²) in [4.78, 5) is 0. The molecular formula is C4H5F4O. The van der Waals surface area contributed by atoms with Gasteiger partial charge in [-0.3, -0.25) is 0 Å². The molecule has 1 nitrogen and oxygen atoms in total. The maximum atomic E-state index is 11.6. The first-order chi connectivity index (χ1) is 3.98. The summed E-state index contributed by atoms with van der Waals surface area (Å²) in [5.41, 5.74) is 0. The van der Waals surface area contributed by atoms with Crippen molar-refractivity contribution in [1.29, 1.82) is 0 Å². The largest absolute Gasteiger partial charge is 0.361 e. The second kappa shape index (κ2) is 3.00. The van der Waals surface area contributed by atoms with Gasteiger partial charge in [0.15, 0.2) is 0 Å². The van der Waals surface area contributed by atoms with Crippen LogP contribution in [0.15, 0.2) is 0 Å². The van der Waals surface area contributed by atoms with Gasteiger partial charge in [-0.05, 0) is 0 Å². The minimum atomic E-state index is -3.80. The highest BCUT2D eigenvalue weighted by Gasteiger charge is 2.32. The molecule has 0 aliphatic heterocycles. The monoisotopic (exact) mass is 145 g/mol. The van der Waals surface area contributed by atoms with Crippen LogP contribution in [0.25, 0.3) is 0 Å². The standard InChI is InChI=1S/C4H5F4O/c1-9-4(7,8)2-3(5)6/h3H,1-2H2. The van der Waals surface area contributed by atoms with Crippen molar-refractivity contribution in [1.82, 2.24) is 0 Å². The molecule has 0 bridgehead atoms. The summed E-state index contributed by atoms with van der Waals surface area (Å²) in [6, 6.07) is 0. The molecule has 0 aromatic rings. The summed E-state index contributed by atoms with van der Waals surface area (Å²) in [7, 11) is 2.33. The Bertz CT molecular complexity index is 82.6. The van der Waals surface area contributed by atoms with Crippen LogP contribution >= 0.6 is 0 Å². The zero-order chi connectivity index (χ0) is 7.49. The Morgan fingerprint density at radius 1 is 1.44 bits per heavy atom. The molecule has 55 valence electrons. The number of rotatable bonds is 3. The normalized spacial score (nSPS) is 12.7. The highest BCUT2D eigenvalue weighted by atomic mass is 19.3. The van der Waals surface area contributed by atoms with E-state index >= 15 is 0 Å². The van der Waals surface area contributed by atoms with Crippen LogP contribution in [0.3, 0.4) is 0 Å². The fourth-order valence-electron chi connectivity index (χ4n) is 0.239. The average molecular weight is 145 g/mol. The zero-order valence-corrected chi connectivity index (χ0v) is 4.41. The molecule has 0 aliphatic carbocycles. The SMILES string of the molecule is [CH2]OC(F)(F)CC(F)F. The third kappa shape index (κ3) is 4.20.